The van der Waals surface area contributed by atoms with E-state index in [0.29, 0.717) is 12.5 Å². The average Bonchev–Trinajstić information content (AvgIpc) is 2.96. The van der Waals surface area contributed by atoms with Crippen LogP contribution in [0.3, 0.4) is 0 Å². The zero-order valence-corrected chi connectivity index (χ0v) is 10.1. The van der Waals surface area contributed by atoms with Crippen LogP contribution < -0.4 is 5.73 Å². The van der Waals surface area contributed by atoms with Gasteiger partial charge < -0.3 is 5.73 Å². The molecule has 3 rings (SSSR count). The lowest BCUT2D eigenvalue weighted by Crippen LogP contribution is -2.02. The minimum Gasteiger partial charge on any atom is -0.330 e. The fourth-order valence-corrected chi connectivity index (χ4v) is 2.93. The average molecular weight is 229 g/mol. The quantitative estimate of drug-likeness (QED) is 0.850. The van der Waals surface area contributed by atoms with Crippen LogP contribution in [0.15, 0.2) is 18.2 Å². The monoisotopic (exact) mass is 229 g/mol. The number of hydrogen-bond acceptors (Lipinski definition) is 2. The molecule has 1 aliphatic carbocycles. The maximum Gasteiger partial charge on any atom is 0.0926 e. The molecule has 1 heterocycles. The lowest BCUT2D eigenvalue weighted by atomic mass is 9.99. The van der Waals surface area contributed by atoms with Crippen LogP contribution in [0.4, 0.5) is 0 Å². The van der Waals surface area contributed by atoms with Gasteiger partial charge in [-0.3, -0.25) is 5.10 Å². The molecule has 0 amide bonds. The first-order chi connectivity index (χ1) is 8.38. The number of nitrogens with one attached hydrogen (secondary N) is 1. The van der Waals surface area contributed by atoms with Crippen molar-refractivity contribution in [2.45, 2.75) is 38.0 Å². The molecule has 3 nitrogen and oxygen atoms in total. The minimum absolute atomic E-state index is 0.695. The van der Waals surface area contributed by atoms with Gasteiger partial charge in [-0.15, -0.1) is 0 Å². The van der Waals surface area contributed by atoms with Crippen LogP contribution in [0.5, 0.6) is 0 Å². The Labute approximate surface area is 101 Å². The van der Waals surface area contributed by atoms with E-state index in [1.165, 1.54) is 42.3 Å². The second-order valence-electron chi connectivity index (χ2n) is 5.01. The Morgan fingerprint density at radius 3 is 2.88 bits per heavy atom. The lowest BCUT2D eigenvalue weighted by Gasteiger charge is -2.06. The molecule has 0 radical (unpaired) electrons. The van der Waals surface area contributed by atoms with Crippen LogP contribution in [0.1, 0.15) is 42.9 Å². The Morgan fingerprint density at radius 1 is 1.29 bits per heavy atom. The number of benzene rings is 1. The molecule has 0 bridgehead atoms. The second-order valence-corrected chi connectivity index (χ2v) is 5.01. The van der Waals surface area contributed by atoms with Crippen LogP contribution in [0, 0.1) is 0 Å². The molecule has 0 aliphatic heterocycles. The van der Waals surface area contributed by atoms with Gasteiger partial charge in [0.2, 0.25) is 0 Å². The summed E-state index contributed by atoms with van der Waals surface area (Å²) < 4.78 is 0. The Bertz CT molecular complexity index is 509. The molecular weight excluding hydrogens is 210 g/mol. The fraction of sp³-hybridized carbons (Fsp3) is 0.500. The fourth-order valence-electron chi connectivity index (χ4n) is 2.93. The van der Waals surface area contributed by atoms with Crippen LogP contribution in [-0.4, -0.2) is 16.7 Å². The van der Waals surface area contributed by atoms with E-state index in [0.717, 1.165) is 11.9 Å². The molecule has 3 N–H and O–H groups in total. The SMILES string of the molecule is NCCc1ccc2c(C3CCCC3)[nH]nc2c1. The number of aromatic amines is 1. The normalized spacial score (nSPS) is 17.0. The predicted molar refractivity (Wildman–Crippen MR) is 70.1 cm³/mol. The van der Waals surface area contributed by atoms with Gasteiger partial charge in [0.15, 0.2) is 0 Å². The third-order valence-corrected chi connectivity index (χ3v) is 3.85. The number of nitrogens with zero attached hydrogens (tertiary/aromatic N) is 1. The van der Waals surface area contributed by atoms with Crippen molar-refractivity contribution in [2.24, 2.45) is 5.73 Å². The van der Waals surface area contributed by atoms with E-state index in [2.05, 4.69) is 28.4 Å². The third kappa shape index (κ3) is 1.95. The summed E-state index contributed by atoms with van der Waals surface area (Å²) in [7, 11) is 0. The molecule has 1 saturated carbocycles. The van der Waals surface area contributed by atoms with Crippen molar-refractivity contribution in [2.75, 3.05) is 6.54 Å². The number of fused-ring (bicyclic) bond motifs is 1. The first-order valence-electron chi connectivity index (χ1n) is 6.55. The molecule has 0 spiro atoms. The van der Waals surface area contributed by atoms with Gasteiger partial charge in [0.1, 0.15) is 0 Å². The molecule has 2 aromatic rings. The predicted octanol–water partition coefficient (Wildman–Crippen LogP) is 2.72. The molecule has 17 heavy (non-hydrogen) atoms. The summed E-state index contributed by atoms with van der Waals surface area (Å²) in [5.41, 5.74) is 9.30. The van der Waals surface area contributed by atoms with Crippen molar-refractivity contribution in [3.8, 4) is 0 Å². The number of hydrogen-bond donors (Lipinski definition) is 2. The number of H-pyrrole nitrogens is 1. The van der Waals surface area contributed by atoms with Gasteiger partial charge in [0.25, 0.3) is 0 Å². The molecule has 1 aliphatic rings. The minimum atomic E-state index is 0.695. The number of nitrogens with two attached hydrogens (primary N) is 1. The van der Waals surface area contributed by atoms with Crippen LogP contribution in [0.2, 0.25) is 0 Å². The Morgan fingerprint density at radius 2 is 2.12 bits per heavy atom. The second kappa shape index (κ2) is 4.49. The Balaban J connectivity index is 1.98. The van der Waals surface area contributed by atoms with Gasteiger partial charge >= 0.3 is 0 Å². The zero-order chi connectivity index (χ0) is 11.7. The molecule has 0 atom stereocenters. The van der Waals surface area contributed by atoms with Gasteiger partial charge in [-0.05, 0) is 37.4 Å². The Kier molecular flexibility index (Phi) is 2.85. The lowest BCUT2D eigenvalue weighted by molar-refractivity contribution is 0.698. The standard InChI is InChI=1S/C14H19N3/c15-8-7-10-5-6-12-13(9-10)16-17-14(12)11-3-1-2-4-11/h5-6,9,11H,1-4,7-8,15H2,(H,16,17). The Hall–Kier alpha value is -1.35. The topological polar surface area (TPSA) is 54.7 Å². The van der Waals surface area contributed by atoms with Crippen LogP contribution in [-0.2, 0) is 6.42 Å². The summed E-state index contributed by atoms with van der Waals surface area (Å²) in [5, 5.41) is 8.99. The van der Waals surface area contributed by atoms with Crippen molar-refractivity contribution in [1.29, 1.82) is 0 Å². The van der Waals surface area contributed by atoms with Crippen LogP contribution in [0.25, 0.3) is 10.9 Å². The molecule has 3 heteroatoms. The maximum atomic E-state index is 5.58. The van der Waals surface area contributed by atoms with Crippen molar-refractivity contribution in [3.63, 3.8) is 0 Å². The van der Waals surface area contributed by atoms with E-state index in [1.807, 2.05) is 0 Å². The van der Waals surface area contributed by atoms with Gasteiger partial charge in [0.05, 0.1) is 5.52 Å². The highest BCUT2D eigenvalue weighted by Crippen LogP contribution is 2.36. The first kappa shape index (κ1) is 10.8. The molecule has 1 fully saturated rings. The van der Waals surface area contributed by atoms with Crippen molar-refractivity contribution < 1.29 is 0 Å². The number of rotatable bonds is 3. The maximum absolute atomic E-state index is 5.58. The van der Waals surface area contributed by atoms with E-state index in [-0.39, 0.29) is 0 Å². The van der Waals surface area contributed by atoms with E-state index in [9.17, 15) is 0 Å². The van der Waals surface area contributed by atoms with Crippen molar-refractivity contribution >= 4 is 10.9 Å². The van der Waals surface area contributed by atoms with Gasteiger partial charge in [-0.1, -0.05) is 25.0 Å². The molecule has 0 saturated heterocycles. The number of aromatic nitrogens is 2. The van der Waals surface area contributed by atoms with E-state index in [1.54, 1.807) is 0 Å². The van der Waals surface area contributed by atoms with E-state index < -0.39 is 0 Å². The highest BCUT2D eigenvalue weighted by Gasteiger charge is 2.20. The summed E-state index contributed by atoms with van der Waals surface area (Å²) in [6, 6.07) is 6.55. The van der Waals surface area contributed by atoms with Gasteiger partial charge in [-0.2, -0.15) is 5.10 Å². The largest absolute Gasteiger partial charge is 0.330 e. The van der Waals surface area contributed by atoms with Crippen molar-refractivity contribution in [3.05, 3.63) is 29.5 Å². The highest BCUT2D eigenvalue weighted by atomic mass is 15.1. The summed E-state index contributed by atoms with van der Waals surface area (Å²) in [4.78, 5) is 0. The molecule has 1 aromatic carbocycles. The van der Waals surface area contributed by atoms with Gasteiger partial charge in [-0.25, -0.2) is 0 Å². The van der Waals surface area contributed by atoms with E-state index >= 15 is 0 Å². The molecule has 0 unspecified atom stereocenters. The van der Waals surface area contributed by atoms with Crippen LogP contribution >= 0.6 is 0 Å². The van der Waals surface area contributed by atoms with Gasteiger partial charge in [0, 0.05) is 17.0 Å². The van der Waals surface area contributed by atoms with Crippen molar-refractivity contribution in [1.82, 2.24) is 10.2 Å². The summed E-state index contributed by atoms with van der Waals surface area (Å²) in [6.45, 7) is 0.700. The highest BCUT2D eigenvalue weighted by molar-refractivity contribution is 5.82. The van der Waals surface area contributed by atoms with E-state index in [4.69, 9.17) is 5.73 Å². The molecule has 90 valence electrons. The summed E-state index contributed by atoms with van der Waals surface area (Å²) in [6.07, 6.45) is 6.26. The molecule has 1 aromatic heterocycles. The first-order valence-corrected chi connectivity index (χ1v) is 6.55. The third-order valence-electron chi connectivity index (χ3n) is 3.85. The summed E-state index contributed by atoms with van der Waals surface area (Å²) >= 11 is 0. The zero-order valence-electron chi connectivity index (χ0n) is 10.1. The smallest absolute Gasteiger partial charge is 0.0926 e. The summed E-state index contributed by atoms with van der Waals surface area (Å²) in [5.74, 6) is 0.695. The molecular formula is C14H19N3.